The molecule has 0 heterocycles. The van der Waals surface area contributed by atoms with Gasteiger partial charge in [0.15, 0.2) is 0 Å². The monoisotopic (exact) mass is 484 g/mol. The summed E-state index contributed by atoms with van der Waals surface area (Å²) in [5.41, 5.74) is 7.24. The molecule has 0 fully saturated rings. The second kappa shape index (κ2) is 11.0. The van der Waals surface area contributed by atoms with Gasteiger partial charge in [-0.2, -0.15) is 0 Å². The molecule has 0 unspecified atom stereocenters. The van der Waals surface area contributed by atoms with Crippen LogP contribution < -0.4 is 0 Å². The van der Waals surface area contributed by atoms with Gasteiger partial charge in [-0.3, -0.25) is 0 Å². The molecular weight excluding hydrogens is 456 g/mol. The average Bonchev–Trinajstić information content (AvgIpc) is 2.98. The zero-order valence-electron chi connectivity index (χ0n) is 21.2. The summed E-state index contributed by atoms with van der Waals surface area (Å²) in [6.45, 7) is 0. The molecule has 6 aromatic carbocycles. The van der Waals surface area contributed by atoms with Gasteiger partial charge in [-0.15, -0.1) is 0 Å². The molecule has 0 saturated heterocycles. The Morgan fingerprint density at radius 3 is 0.789 bits per heavy atom. The van der Waals surface area contributed by atoms with Gasteiger partial charge in [0, 0.05) is 0 Å². The summed E-state index contributed by atoms with van der Waals surface area (Å²) in [4.78, 5) is 0. The molecule has 0 nitrogen and oxygen atoms in total. The lowest BCUT2D eigenvalue weighted by Crippen LogP contribution is -1.80. The lowest BCUT2D eigenvalue weighted by Gasteiger charge is -2.04. The van der Waals surface area contributed by atoms with E-state index in [1.165, 1.54) is 54.9 Å². The molecule has 180 valence electrons. The summed E-state index contributed by atoms with van der Waals surface area (Å²) in [6.07, 6.45) is 13.0. The molecule has 0 spiro atoms. The first-order valence-electron chi connectivity index (χ1n) is 13.0. The van der Waals surface area contributed by atoms with E-state index < -0.39 is 0 Å². The molecule has 6 aromatic rings. The predicted octanol–water partition coefficient (Wildman–Crippen LogP) is 10.5. The molecule has 0 atom stereocenters. The molecule has 0 aliphatic carbocycles. The van der Waals surface area contributed by atoms with Crippen molar-refractivity contribution in [3.05, 3.63) is 167 Å². The zero-order valence-corrected chi connectivity index (χ0v) is 21.2. The average molecular weight is 485 g/mol. The normalized spacial score (nSPS) is 11.9. The Morgan fingerprint density at radius 2 is 0.500 bits per heavy atom. The van der Waals surface area contributed by atoms with Crippen molar-refractivity contribution < 1.29 is 0 Å². The van der Waals surface area contributed by atoms with Crippen LogP contribution >= 0.6 is 0 Å². The molecule has 0 aliphatic heterocycles. The maximum atomic E-state index is 2.25. The number of hydrogen-bond acceptors (Lipinski definition) is 0. The summed E-state index contributed by atoms with van der Waals surface area (Å²) in [7, 11) is 0. The minimum absolute atomic E-state index is 1.20. The maximum absolute atomic E-state index is 2.25. The van der Waals surface area contributed by atoms with Gasteiger partial charge in [0.25, 0.3) is 0 Å². The molecule has 38 heavy (non-hydrogen) atoms. The Hall–Kier alpha value is -4.94. The van der Waals surface area contributed by atoms with E-state index in [1.54, 1.807) is 0 Å². The van der Waals surface area contributed by atoms with E-state index >= 15 is 0 Å². The first-order valence-corrected chi connectivity index (χ1v) is 13.0. The van der Waals surface area contributed by atoms with E-state index in [0.29, 0.717) is 0 Å². The van der Waals surface area contributed by atoms with Crippen LogP contribution in [-0.4, -0.2) is 0 Å². The van der Waals surface area contributed by atoms with Crippen molar-refractivity contribution in [1.82, 2.24) is 0 Å². The van der Waals surface area contributed by atoms with Crippen molar-refractivity contribution in [3.63, 3.8) is 0 Å². The SMILES string of the molecule is C(=C\c1ccc2cc(/C=C/c3ccc4cc(/C=C/c5ccccc5)ccc4c3)ccc2c1)/c1ccccc1. The van der Waals surface area contributed by atoms with Crippen LogP contribution in [0.15, 0.2) is 133 Å². The van der Waals surface area contributed by atoms with Crippen molar-refractivity contribution in [2.75, 3.05) is 0 Å². The van der Waals surface area contributed by atoms with Crippen LogP contribution in [0.3, 0.4) is 0 Å². The van der Waals surface area contributed by atoms with Crippen molar-refractivity contribution in [2.24, 2.45) is 0 Å². The fourth-order valence-corrected chi connectivity index (χ4v) is 4.69. The third-order valence-corrected chi connectivity index (χ3v) is 6.78. The van der Waals surface area contributed by atoms with Crippen molar-refractivity contribution in [1.29, 1.82) is 0 Å². The number of benzene rings is 6. The highest BCUT2D eigenvalue weighted by atomic mass is 14.0. The zero-order chi connectivity index (χ0) is 25.6. The largest absolute Gasteiger partial charge is 0.0622 e. The lowest BCUT2D eigenvalue weighted by molar-refractivity contribution is 1.65. The lowest BCUT2D eigenvalue weighted by atomic mass is 10.0. The molecule has 0 saturated carbocycles. The number of rotatable bonds is 6. The van der Waals surface area contributed by atoms with Crippen molar-refractivity contribution in [3.8, 4) is 0 Å². The standard InChI is InChI=1S/C38H28/c1-3-7-29(8-4-1)11-13-31-17-21-37-27-33(19-23-35(37)25-31)15-16-34-20-24-36-26-32(18-22-38(36)28-34)14-12-30-9-5-2-6-10-30/h1-28H/b13-11+,14-12+,16-15+. The topological polar surface area (TPSA) is 0 Å². The van der Waals surface area contributed by atoms with Crippen LogP contribution in [0.2, 0.25) is 0 Å². The molecule has 0 amide bonds. The summed E-state index contributed by atoms with van der Waals surface area (Å²) in [5.74, 6) is 0. The fourth-order valence-electron chi connectivity index (χ4n) is 4.69. The maximum Gasteiger partial charge on any atom is -0.0178 e. The quantitative estimate of drug-likeness (QED) is 0.206. The predicted molar refractivity (Wildman–Crippen MR) is 168 cm³/mol. The van der Waals surface area contributed by atoms with Gasteiger partial charge in [-0.25, -0.2) is 0 Å². The molecule has 0 bridgehead atoms. The molecule has 0 heteroatoms. The van der Waals surface area contributed by atoms with Gasteiger partial charge in [0.05, 0.1) is 0 Å². The van der Waals surface area contributed by atoms with Gasteiger partial charge in [-0.05, 0) is 79.2 Å². The Labute approximate surface area is 224 Å². The second-order valence-electron chi connectivity index (χ2n) is 9.55. The summed E-state index contributed by atoms with van der Waals surface area (Å²) in [6, 6.07) is 47.4. The number of fused-ring (bicyclic) bond motifs is 2. The Morgan fingerprint density at radius 1 is 0.237 bits per heavy atom. The summed E-state index contributed by atoms with van der Waals surface area (Å²) in [5, 5.41) is 5.00. The van der Waals surface area contributed by atoms with Gasteiger partial charge < -0.3 is 0 Å². The minimum atomic E-state index is 1.20. The minimum Gasteiger partial charge on any atom is -0.0622 e. The summed E-state index contributed by atoms with van der Waals surface area (Å²) >= 11 is 0. The number of hydrogen-bond donors (Lipinski definition) is 0. The highest BCUT2D eigenvalue weighted by Crippen LogP contribution is 2.23. The van der Waals surface area contributed by atoms with E-state index in [9.17, 15) is 0 Å². The van der Waals surface area contributed by atoms with E-state index in [1.807, 2.05) is 12.1 Å². The van der Waals surface area contributed by atoms with Crippen LogP contribution in [0.1, 0.15) is 33.4 Å². The van der Waals surface area contributed by atoms with Crippen LogP contribution in [-0.2, 0) is 0 Å². The van der Waals surface area contributed by atoms with Crippen LogP contribution in [0, 0.1) is 0 Å². The van der Waals surface area contributed by atoms with E-state index in [4.69, 9.17) is 0 Å². The smallest absolute Gasteiger partial charge is 0.0178 e. The third-order valence-electron chi connectivity index (χ3n) is 6.78. The molecule has 0 aromatic heterocycles. The van der Waals surface area contributed by atoms with Crippen molar-refractivity contribution in [2.45, 2.75) is 0 Å². The summed E-state index contributed by atoms with van der Waals surface area (Å²) < 4.78 is 0. The third kappa shape index (κ3) is 5.72. The molecular formula is C38H28. The van der Waals surface area contributed by atoms with Crippen LogP contribution in [0.5, 0.6) is 0 Å². The Balaban J connectivity index is 1.17. The first-order chi connectivity index (χ1) is 18.8. The first kappa shape index (κ1) is 23.5. The highest BCUT2D eigenvalue weighted by molar-refractivity contribution is 5.91. The molecule has 0 N–H and O–H groups in total. The van der Waals surface area contributed by atoms with Gasteiger partial charge in [-0.1, -0.05) is 146 Å². The van der Waals surface area contributed by atoms with E-state index in [2.05, 4.69) is 158 Å². The van der Waals surface area contributed by atoms with Crippen molar-refractivity contribution >= 4 is 58.0 Å². The molecule has 0 radical (unpaired) electrons. The van der Waals surface area contributed by atoms with Gasteiger partial charge in [0.2, 0.25) is 0 Å². The van der Waals surface area contributed by atoms with E-state index in [0.717, 1.165) is 0 Å². The van der Waals surface area contributed by atoms with Gasteiger partial charge >= 0.3 is 0 Å². The molecule has 6 rings (SSSR count). The van der Waals surface area contributed by atoms with Crippen LogP contribution in [0.4, 0.5) is 0 Å². The molecule has 0 aliphatic rings. The fraction of sp³-hybridized carbons (Fsp3) is 0. The Kier molecular flexibility index (Phi) is 6.78. The Bertz CT molecular complexity index is 1650. The second-order valence-corrected chi connectivity index (χ2v) is 9.55. The highest BCUT2D eigenvalue weighted by Gasteiger charge is 1.99. The van der Waals surface area contributed by atoms with E-state index in [-0.39, 0.29) is 0 Å². The van der Waals surface area contributed by atoms with Crippen LogP contribution in [0.25, 0.3) is 58.0 Å². The van der Waals surface area contributed by atoms with Gasteiger partial charge in [0.1, 0.15) is 0 Å².